The van der Waals surface area contributed by atoms with Crippen LogP contribution in [0.1, 0.15) is 16.9 Å². The first-order valence-corrected chi connectivity index (χ1v) is 16.4. The first-order chi connectivity index (χ1) is 23.1. The van der Waals surface area contributed by atoms with Crippen molar-refractivity contribution >= 4 is 38.5 Å². The minimum atomic E-state index is -4.51. The van der Waals surface area contributed by atoms with Crippen molar-refractivity contribution < 1.29 is 45.7 Å². The second-order valence-electron chi connectivity index (χ2n) is 11.6. The number of methoxy groups -OCH3 is 1. The van der Waals surface area contributed by atoms with Crippen molar-refractivity contribution in [3.05, 3.63) is 46.6 Å². The minimum absolute atomic E-state index is 0.0137. The molecule has 3 heterocycles. The third-order valence-electron chi connectivity index (χ3n) is 8.17. The van der Waals surface area contributed by atoms with Crippen molar-refractivity contribution in [2.45, 2.75) is 37.3 Å². The normalized spacial score (nSPS) is 19.5. The van der Waals surface area contributed by atoms with Gasteiger partial charge in [-0.2, -0.15) is 13.2 Å². The number of aliphatic hydroxyl groups is 1. The van der Waals surface area contributed by atoms with Gasteiger partial charge in [-0.3, -0.25) is 4.90 Å². The van der Waals surface area contributed by atoms with E-state index in [-0.39, 0.29) is 53.8 Å². The zero-order valence-electron chi connectivity index (χ0n) is 26.3. The number of nitrogens with one attached hydrogen (secondary N) is 2. The lowest BCUT2D eigenvalue weighted by molar-refractivity contribution is -0.126. The van der Waals surface area contributed by atoms with Crippen molar-refractivity contribution in [2.24, 2.45) is 0 Å². The van der Waals surface area contributed by atoms with Crippen LogP contribution in [0.2, 0.25) is 0 Å². The van der Waals surface area contributed by atoms with Crippen LogP contribution in [0.3, 0.4) is 0 Å². The number of anilines is 3. The van der Waals surface area contributed by atoms with Crippen LogP contribution < -0.4 is 20.3 Å². The summed E-state index contributed by atoms with van der Waals surface area (Å²) in [5.41, 5.74) is 0.918. The van der Waals surface area contributed by atoms with Gasteiger partial charge < -0.3 is 34.9 Å². The molecule has 3 unspecified atom stereocenters. The fraction of sp³-hybridized carbons (Fsp3) is 0.515. The number of thiophene rings is 1. The average Bonchev–Trinajstić information content (AvgIpc) is 3.38. The van der Waals surface area contributed by atoms with Crippen molar-refractivity contribution in [3.63, 3.8) is 0 Å². The lowest BCUT2D eigenvalue weighted by Crippen LogP contribution is -2.50. The molecule has 2 fully saturated rings. The molecule has 0 radical (unpaired) electrons. The fourth-order valence-corrected chi connectivity index (χ4v) is 7.14. The largest absolute Gasteiger partial charge is 0.461 e. The maximum absolute atomic E-state index is 15.2. The van der Waals surface area contributed by atoms with E-state index in [1.54, 1.807) is 23.1 Å². The predicted octanol–water partition coefficient (Wildman–Crippen LogP) is 5.58. The lowest BCUT2D eigenvalue weighted by atomic mass is 10.0. The number of benzene rings is 2. The number of nitrogens with zero attached hydrogens (tertiary/aromatic N) is 2. The molecule has 2 aromatic carbocycles. The first-order valence-electron chi connectivity index (χ1n) is 15.5. The molecule has 3 N–H and O–H groups in total. The van der Waals surface area contributed by atoms with Crippen LogP contribution in [0.25, 0.3) is 10.1 Å². The lowest BCUT2D eigenvalue weighted by Gasteiger charge is -2.36. The highest BCUT2D eigenvalue weighted by molar-refractivity contribution is 7.20. The van der Waals surface area contributed by atoms with Gasteiger partial charge in [0.25, 0.3) is 0 Å². The Morgan fingerprint density at radius 1 is 1.17 bits per heavy atom. The van der Waals surface area contributed by atoms with E-state index >= 15 is 8.78 Å². The molecular weight excluding hydrogens is 662 g/mol. The van der Waals surface area contributed by atoms with Gasteiger partial charge in [-0.1, -0.05) is 24.0 Å². The second kappa shape index (κ2) is 16.3. The zero-order valence-corrected chi connectivity index (χ0v) is 27.2. The van der Waals surface area contributed by atoms with Crippen molar-refractivity contribution in [3.8, 4) is 17.6 Å². The fourth-order valence-electron chi connectivity index (χ4n) is 5.97. The van der Waals surface area contributed by atoms with Crippen LogP contribution in [-0.2, 0) is 15.9 Å². The SMILES string of the molecule is COCC(O)CN1CCC(Nc2cccc3c(CC(F)(F)F)c(C#CCNc4cc(F)c(N5CCOCC5)cc4OCF)sc23)C(F)C1. The Balaban J connectivity index is 1.34. The number of piperidine rings is 1. The van der Waals surface area contributed by atoms with E-state index in [2.05, 4.69) is 22.5 Å². The van der Waals surface area contributed by atoms with Crippen LogP contribution in [0.15, 0.2) is 30.3 Å². The van der Waals surface area contributed by atoms with Crippen molar-refractivity contribution in [2.75, 3.05) is 88.6 Å². The summed E-state index contributed by atoms with van der Waals surface area (Å²) in [5, 5.41) is 16.5. The Kier molecular flexibility index (Phi) is 12.2. The Morgan fingerprint density at radius 2 is 1.96 bits per heavy atom. The monoisotopic (exact) mass is 700 g/mol. The molecule has 2 aliphatic heterocycles. The highest BCUT2D eigenvalue weighted by Gasteiger charge is 2.33. The third-order valence-corrected chi connectivity index (χ3v) is 9.37. The number of likely N-dealkylation sites (tertiary alicyclic amines) is 1. The number of halogens is 6. The summed E-state index contributed by atoms with van der Waals surface area (Å²) in [6.45, 7) is 1.59. The maximum atomic E-state index is 15.2. The molecule has 5 rings (SSSR count). The number of alkyl halides is 5. The summed E-state index contributed by atoms with van der Waals surface area (Å²) in [7, 11) is 1.48. The van der Waals surface area contributed by atoms with Gasteiger partial charge in [-0.25, -0.2) is 13.2 Å². The zero-order chi connectivity index (χ0) is 34.3. The number of fused-ring (bicyclic) bond motifs is 1. The molecule has 0 aliphatic carbocycles. The number of aliphatic hydroxyl groups excluding tert-OH is 1. The number of morpholine rings is 1. The van der Waals surface area contributed by atoms with Crippen molar-refractivity contribution in [1.82, 2.24) is 4.90 Å². The van der Waals surface area contributed by atoms with Gasteiger partial charge in [0, 0.05) is 52.0 Å². The minimum Gasteiger partial charge on any atom is -0.461 e. The Bertz CT molecular complexity index is 1590. The van der Waals surface area contributed by atoms with E-state index in [4.69, 9.17) is 14.2 Å². The quantitative estimate of drug-likeness (QED) is 0.167. The predicted molar refractivity (Wildman–Crippen MR) is 174 cm³/mol. The maximum Gasteiger partial charge on any atom is 0.393 e. The van der Waals surface area contributed by atoms with Gasteiger partial charge in [0.1, 0.15) is 17.7 Å². The topological polar surface area (TPSA) is 78.5 Å². The van der Waals surface area contributed by atoms with Gasteiger partial charge in [-0.05, 0) is 23.4 Å². The molecule has 3 aromatic rings. The summed E-state index contributed by atoms with van der Waals surface area (Å²) in [6, 6.07) is 6.92. The van der Waals surface area contributed by atoms with Crippen LogP contribution >= 0.6 is 11.3 Å². The van der Waals surface area contributed by atoms with Crippen molar-refractivity contribution in [1.29, 1.82) is 0 Å². The standard InChI is InChI=1S/C33H38F6N4O4S/c1-45-19-21(44)17-42-9-7-26(25(36)18-42)41-27-5-2-4-22-23(16-33(37,38)39)31(48-32(22)27)6-3-8-40-28-14-24(35)29(15-30(28)47-20-34)43-10-12-46-13-11-43/h2,4-5,14-15,21,25-26,40-41,44H,7-13,16-20H2,1H3. The molecule has 15 heteroatoms. The molecule has 48 heavy (non-hydrogen) atoms. The molecule has 262 valence electrons. The summed E-state index contributed by atoms with van der Waals surface area (Å²) in [6.07, 6.45) is -7.29. The van der Waals surface area contributed by atoms with E-state index in [0.717, 1.165) is 11.3 Å². The highest BCUT2D eigenvalue weighted by atomic mass is 32.1. The Labute approximate surface area is 278 Å². The molecule has 0 amide bonds. The van der Waals surface area contributed by atoms with E-state index in [0.29, 0.717) is 55.0 Å². The Hall–Kier alpha value is -3.42. The smallest absolute Gasteiger partial charge is 0.393 e. The van der Waals surface area contributed by atoms with E-state index in [9.17, 15) is 22.7 Å². The number of ether oxygens (including phenoxy) is 3. The second-order valence-corrected chi connectivity index (χ2v) is 12.6. The molecule has 0 spiro atoms. The molecule has 2 aliphatic rings. The highest BCUT2D eigenvalue weighted by Crippen LogP contribution is 2.40. The third kappa shape index (κ3) is 9.17. The van der Waals surface area contributed by atoms with E-state index in [1.807, 2.05) is 4.90 Å². The van der Waals surface area contributed by atoms with Gasteiger partial charge >= 0.3 is 6.18 Å². The molecule has 0 saturated carbocycles. The van der Waals surface area contributed by atoms with Crippen LogP contribution in [-0.4, -0.2) is 108 Å². The molecule has 2 saturated heterocycles. The number of hydrogen-bond donors (Lipinski definition) is 3. The molecule has 0 bridgehead atoms. The van der Waals surface area contributed by atoms with Crippen LogP contribution in [0.5, 0.6) is 5.75 Å². The molecule has 1 aromatic heterocycles. The van der Waals surface area contributed by atoms with Crippen LogP contribution in [0.4, 0.5) is 43.4 Å². The number of hydrogen-bond acceptors (Lipinski definition) is 9. The van der Waals surface area contributed by atoms with Crippen LogP contribution in [0, 0.1) is 17.7 Å². The molecular formula is C33H38F6N4O4S. The summed E-state index contributed by atoms with van der Waals surface area (Å²) >= 11 is 1.08. The summed E-state index contributed by atoms with van der Waals surface area (Å²) in [4.78, 5) is 3.79. The number of β-amino-alcohol motifs (C(OH)–C–C–N with tert-alkyl or cyclic N) is 1. The van der Waals surface area contributed by atoms with Gasteiger partial charge in [0.05, 0.1) is 71.6 Å². The molecule has 3 atom stereocenters. The first kappa shape index (κ1) is 35.9. The van der Waals surface area contributed by atoms with E-state index in [1.165, 1.54) is 19.2 Å². The number of rotatable bonds is 12. The van der Waals surface area contributed by atoms with Gasteiger partial charge in [-0.15, -0.1) is 11.3 Å². The van der Waals surface area contributed by atoms with E-state index < -0.39 is 43.6 Å². The molecule has 8 nitrogen and oxygen atoms in total. The van der Waals surface area contributed by atoms with Gasteiger partial charge in [0.15, 0.2) is 0 Å². The van der Waals surface area contributed by atoms with Gasteiger partial charge in [0.2, 0.25) is 6.86 Å². The average molecular weight is 701 g/mol. The Morgan fingerprint density at radius 3 is 2.67 bits per heavy atom. The summed E-state index contributed by atoms with van der Waals surface area (Å²) in [5.74, 6) is 5.16. The summed E-state index contributed by atoms with van der Waals surface area (Å²) < 4.78 is 100.